The highest BCUT2D eigenvalue weighted by molar-refractivity contribution is 5.86. The number of benzene rings is 2. The van der Waals surface area contributed by atoms with Gasteiger partial charge in [-0.1, -0.05) is 42.5 Å². The van der Waals surface area contributed by atoms with Gasteiger partial charge in [0.15, 0.2) is 0 Å². The molecule has 2 atom stereocenters. The lowest BCUT2D eigenvalue weighted by molar-refractivity contribution is -0.142. The zero-order valence-corrected chi connectivity index (χ0v) is 15.4. The topological polar surface area (TPSA) is 91.4 Å². The minimum atomic E-state index is -1.05. The minimum Gasteiger partial charge on any atom is -0.480 e. The number of aromatic amines is 1. The third-order valence-corrected chi connectivity index (χ3v) is 5.20. The molecule has 0 aliphatic carbocycles. The van der Waals surface area contributed by atoms with Crippen molar-refractivity contribution < 1.29 is 19.4 Å². The van der Waals surface area contributed by atoms with Crippen LogP contribution in [0.2, 0.25) is 0 Å². The molecule has 3 N–H and O–H groups in total. The smallest absolute Gasteiger partial charge is 0.326 e. The summed E-state index contributed by atoms with van der Waals surface area (Å²) in [4.78, 5) is 27.4. The summed E-state index contributed by atoms with van der Waals surface area (Å²) >= 11 is 0. The highest BCUT2D eigenvalue weighted by Crippen LogP contribution is 2.29. The van der Waals surface area contributed by atoms with Crippen molar-refractivity contribution in [2.75, 3.05) is 6.61 Å². The monoisotopic (exact) mass is 378 g/mol. The van der Waals surface area contributed by atoms with Gasteiger partial charge < -0.3 is 20.1 Å². The van der Waals surface area contributed by atoms with Crippen LogP contribution in [0, 0.1) is 0 Å². The number of carboxylic acid groups (broad SMARTS) is 1. The first-order valence-corrected chi connectivity index (χ1v) is 9.38. The number of aromatic nitrogens is 1. The van der Waals surface area contributed by atoms with E-state index in [1.807, 2.05) is 48.5 Å². The Morgan fingerprint density at radius 1 is 1.18 bits per heavy atom. The van der Waals surface area contributed by atoms with E-state index in [0.717, 1.165) is 28.5 Å². The van der Waals surface area contributed by atoms with Gasteiger partial charge in [0, 0.05) is 23.5 Å². The van der Waals surface area contributed by atoms with Crippen molar-refractivity contribution in [3.8, 4) is 0 Å². The predicted octanol–water partition coefficient (Wildman–Crippen LogP) is 2.98. The van der Waals surface area contributed by atoms with E-state index in [9.17, 15) is 14.7 Å². The Balaban J connectivity index is 1.45. The second-order valence-corrected chi connectivity index (χ2v) is 7.03. The van der Waals surface area contributed by atoms with Gasteiger partial charge in [-0.2, -0.15) is 0 Å². The maximum Gasteiger partial charge on any atom is 0.326 e. The maximum absolute atomic E-state index is 12.6. The first-order chi connectivity index (χ1) is 13.6. The Labute approximate surface area is 162 Å². The number of para-hydroxylation sites is 1. The van der Waals surface area contributed by atoms with Crippen LogP contribution in [0.5, 0.6) is 0 Å². The SMILES string of the molecule is O=C(C[C@@H]1OCCc2ccccc21)N[C@@H](Cc1c[nH]c2ccccc12)C(=O)O. The van der Waals surface area contributed by atoms with Gasteiger partial charge in [-0.15, -0.1) is 0 Å². The number of rotatable bonds is 6. The molecule has 3 aromatic rings. The molecule has 4 rings (SSSR count). The third kappa shape index (κ3) is 3.77. The molecule has 28 heavy (non-hydrogen) atoms. The number of ether oxygens (including phenoxy) is 1. The summed E-state index contributed by atoms with van der Waals surface area (Å²) in [6.45, 7) is 0.562. The van der Waals surface area contributed by atoms with E-state index in [4.69, 9.17) is 4.74 Å². The quantitative estimate of drug-likeness (QED) is 0.615. The fraction of sp³-hybridized carbons (Fsp3) is 0.273. The van der Waals surface area contributed by atoms with Crippen molar-refractivity contribution >= 4 is 22.8 Å². The Bertz CT molecular complexity index is 1010. The maximum atomic E-state index is 12.6. The number of hydrogen-bond donors (Lipinski definition) is 3. The van der Waals surface area contributed by atoms with Gasteiger partial charge in [0.1, 0.15) is 6.04 Å². The first-order valence-electron chi connectivity index (χ1n) is 9.38. The molecule has 0 saturated heterocycles. The lowest BCUT2D eigenvalue weighted by atomic mass is 9.95. The number of H-pyrrole nitrogens is 1. The van der Waals surface area contributed by atoms with Gasteiger partial charge >= 0.3 is 5.97 Å². The fourth-order valence-electron chi connectivity index (χ4n) is 3.79. The number of fused-ring (bicyclic) bond motifs is 2. The molecule has 1 amide bonds. The average molecular weight is 378 g/mol. The Morgan fingerprint density at radius 2 is 1.96 bits per heavy atom. The lowest BCUT2D eigenvalue weighted by Gasteiger charge is -2.26. The van der Waals surface area contributed by atoms with E-state index in [1.165, 1.54) is 5.56 Å². The Hall–Kier alpha value is -3.12. The van der Waals surface area contributed by atoms with Crippen LogP contribution in [0.4, 0.5) is 0 Å². The molecule has 2 heterocycles. The molecular formula is C22H22N2O4. The lowest BCUT2D eigenvalue weighted by Crippen LogP contribution is -2.43. The summed E-state index contributed by atoms with van der Waals surface area (Å²) in [6.07, 6.45) is 2.61. The van der Waals surface area contributed by atoms with Crippen molar-refractivity contribution in [1.29, 1.82) is 0 Å². The van der Waals surface area contributed by atoms with Crippen LogP contribution in [-0.2, 0) is 27.2 Å². The molecule has 144 valence electrons. The summed E-state index contributed by atoms with van der Waals surface area (Å²) in [7, 11) is 0. The summed E-state index contributed by atoms with van der Waals surface area (Å²) in [5.41, 5.74) is 4.00. The van der Waals surface area contributed by atoms with Crippen LogP contribution in [-0.4, -0.2) is 34.6 Å². The molecule has 6 nitrogen and oxygen atoms in total. The van der Waals surface area contributed by atoms with Crippen molar-refractivity contribution in [3.63, 3.8) is 0 Å². The summed E-state index contributed by atoms with van der Waals surface area (Å²) in [6, 6.07) is 14.6. The van der Waals surface area contributed by atoms with Gasteiger partial charge in [0.25, 0.3) is 0 Å². The van der Waals surface area contributed by atoms with Gasteiger partial charge in [0.2, 0.25) is 5.91 Å². The summed E-state index contributed by atoms with van der Waals surface area (Å²) < 4.78 is 5.77. The highest BCUT2D eigenvalue weighted by atomic mass is 16.5. The second kappa shape index (κ2) is 7.86. The summed E-state index contributed by atoms with van der Waals surface area (Å²) in [5, 5.41) is 13.2. The molecule has 2 aromatic carbocycles. The second-order valence-electron chi connectivity index (χ2n) is 7.03. The van der Waals surface area contributed by atoms with E-state index in [1.54, 1.807) is 6.20 Å². The molecule has 1 aromatic heterocycles. The molecule has 0 bridgehead atoms. The number of hydrogen-bond acceptors (Lipinski definition) is 3. The number of amides is 1. The van der Waals surface area contributed by atoms with Crippen LogP contribution in [0.15, 0.2) is 54.7 Å². The van der Waals surface area contributed by atoms with Crippen LogP contribution in [0.1, 0.15) is 29.2 Å². The first kappa shape index (κ1) is 18.3. The van der Waals surface area contributed by atoms with E-state index in [0.29, 0.717) is 6.61 Å². The van der Waals surface area contributed by atoms with Crippen LogP contribution in [0.3, 0.4) is 0 Å². The molecule has 0 spiro atoms. The van der Waals surface area contributed by atoms with Crippen LogP contribution in [0.25, 0.3) is 10.9 Å². The Kier molecular flexibility index (Phi) is 5.12. The predicted molar refractivity (Wildman–Crippen MR) is 105 cm³/mol. The Morgan fingerprint density at radius 3 is 2.82 bits per heavy atom. The van der Waals surface area contributed by atoms with Gasteiger partial charge in [-0.25, -0.2) is 4.79 Å². The normalized spacial score (nSPS) is 17.1. The van der Waals surface area contributed by atoms with Crippen molar-refractivity contribution in [2.24, 2.45) is 0 Å². The zero-order valence-electron chi connectivity index (χ0n) is 15.4. The van der Waals surface area contributed by atoms with E-state index in [2.05, 4.69) is 10.3 Å². The standard InChI is InChI=1S/C22H22N2O4/c25-21(12-20-17-7-2-1-5-14(17)9-10-28-20)24-19(22(26)27)11-15-13-23-18-8-4-3-6-16(15)18/h1-8,13,19-20,23H,9-12H2,(H,24,25)(H,26,27)/t19-,20-/m0/s1. The molecule has 1 aliphatic rings. The van der Waals surface area contributed by atoms with Gasteiger partial charge in [-0.3, -0.25) is 4.79 Å². The van der Waals surface area contributed by atoms with E-state index >= 15 is 0 Å². The number of carbonyl (C=O) groups excluding carboxylic acids is 1. The number of carboxylic acids is 1. The largest absolute Gasteiger partial charge is 0.480 e. The molecule has 6 heteroatoms. The molecule has 0 saturated carbocycles. The van der Waals surface area contributed by atoms with Crippen molar-refractivity contribution in [2.45, 2.75) is 31.4 Å². The van der Waals surface area contributed by atoms with Gasteiger partial charge in [0.05, 0.1) is 19.1 Å². The minimum absolute atomic E-state index is 0.106. The molecule has 1 aliphatic heterocycles. The zero-order chi connectivity index (χ0) is 19.5. The summed E-state index contributed by atoms with van der Waals surface area (Å²) in [5.74, 6) is -1.38. The number of nitrogens with one attached hydrogen (secondary N) is 2. The highest BCUT2D eigenvalue weighted by Gasteiger charge is 2.26. The third-order valence-electron chi connectivity index (χ3n) is 5.20. The van der Waals surface area contributed by atoms with E-state index < -0.39 is 12.0 Å². The average Bonchev–Trinajstić information content (AvgIpc) is 3.11. The molecule has 0 fully saturated rings. The fourth-order valence-corrected chi connectivity index (χ4v) is 3.79. The number of aliphatic carboxylic acids is 1. The number of carbonyl (C=O) groups is 2. The van der Waals surface area contributed by atoms with Crippen molar-refractivity contribution in [1.82, 2.24) is 10.3 Å². The molecule has 0 unspecified atom stereocenters. The van der Waals surface area contributed by atoms with E-state index in [-0.39, 0.29) is 24.9 Å². The van der Waals surface area contributed by atoms with Gasteiger partial charge in [-0.05, 0) is 29.2 Å². The molecule has 0 radical (unpaired) electrons. The van der Waals surface area contributed by atoms with Crippen LogP contribution < -0.4 is 5.32 Å². The van der Waals surface area contributed by atoms with Crippen molar-refractivity contribution in [3.05, 3.63) is 71.4 Å². The van der Waals surface area contributed by atoms with Crippen LogP contribution >= 0.6 is 0 Å². The molecular weight excluding hydrogens is 356 g/mol.